The molecular weight excluding hydrogens is 374 g/mol. The van der Waals surface area contributed by atoms with E-state index in [1.165, 1.54) is 0 Å². The van der Waals surface area contributed by atoms with Crippen molar-refractivity contribution in [2.24, 2.45) is 0 Å². The SMILES string of the molecule is CCC[C@@H](NC(=O)CCc1c(C)c2cc3c(C)c(C)oc3cc2oc1=O)C(=O)[O-]. The summed E-state index contributed by atoms with van der Waals surface area (Å²) in [6, 6.07) is 2.62. The smallest absolute Gasteiger partial charge is 0.339 e. The molecule has 0 aliphatic carbocycles. The number of carboxylic acid groups (broad SMARTS) is 1. The number of carbonyl (C=O) groups excluding carboxylic acids is 2. The highest BCUT2D eigenvalue weighted by Crippen LogP contribution is 2.31. The van der Waals surface area contributed by atoms with Gasteiger partial charge in [-0.1, -0.05) is 13.3 Å². The van der Waals surface area contributed by atoms with Crippen LogP contribution in [0.4, 0.5) is 0 Å². The third-order valence-electron chi connectivity index (χ3n) is 5.38. The van der Waals surface area contributed by atoms with Gasteiger partial charge in [0.1, 0.15) is 16.9 Å². The van der Waals surface area contributed by atoms with E-state index in [1.807, 2.05) is 33.8 Å². The van der Waals surface area contributed by atoms with Crippen LogP contribution >= 0.6 is 0 Å². The molecule has 0 spiro atoms. The highest BCUT2D eigenvalue weighted by Gasteiger charge is 2.17. The predicted molar refractivity (Wildman–Crippen MR) is 107 cm³/mol. The molecule has 0 saturated heterocycles. The van der Waals surface area contributed by atoms with Gasteiger partial charge in [0.2, 0.25) is 5.91 Å². The molecule has 3 aromatic rings. The molecule has 2 heterocycles. The molecule has 0 saturated carbocycles. The van der Waals surface area contributed by atoms with E-state index in [4.69, 9.17) is 8.83 Å². The summed E-state index contributed by atoms with van der Waals surface area (Å²) in [6.07, 6.45) is 1.04. The Bertz CT molecular complexity index is 1150. The Balaban J connectivity index is 1.88. The molecule has 154 valence electrons. The summed E-state index contributed by atoms with van der Waals surface area (Å²) in [6.45, 7) is 7.50. The van der Waals surface area contributed by atoms with E-state index >= 15 is 0 Å². The summed E-state index contributed by atoms with van der Waals surface area (Å²) in [5, 5.41) is 15.3. The minimum absolute atomic E-state index is 0.0172. The van der Waals surface area contributed by atoms with Crippen LogP contribution in [0.15, 0.2) is 25.8 Å². The largest absolute Gasteiger partial charge is 0.548 e. The van der Waals surface area contributed by atoms with Crippen molar-refractivity contribution in [2.45, 2.75) is 59.4 Å². The van der Waals surface area contributed by atoms with Crippen molar-refractivity contribution in [1.29, 1.82) is 0 Å². The molecule has 0 unspecified atom stereocenters. The molecule has 1 N–H and O–H groups in total. The number of amides is 1. The van der Waals surface area contributed by atoms with Gasteiger partial charge in [-0.15, -0.1) is 0 Å². The molecule has 1 amide bonds. The second kappa shape index (κ2) is 8.11. The first-order valence-electron chi connectivity index (χ1n) is 9.69. The highest BCUT2D eigenvalue weighted by atomic mass is 16.4. The molecule has 1 atom stereocenters. The number of fused-ring (bicyclic) bond motifs is 2. The van der Waals surface area contributed by atoms with Gasteiger partial charge in [0, 0.05) is 28.8 Å². The van der Waals surface area contributed by atoms with Crippen molar-refractivity contribution in [1.82, 2.24) is 5.32 Å². The zero-order valence-electron chi connectivity index (χ0n) is 17.0. The number of rotatable bonds is 7. The molecule has 7 nitrogen and oxygen atoms in total. The second-order valence-electron chi connectivity index (χ2n) is 7.35. The third-order valence-corrected chi connectivity index (χ3v) is 5.38. The lowest BCUT2D eigenvalue weighted by molar-refractivity contribution is -0.308. The number of carbonyl (C=O) groups is 2. The number of aryl methyl sites for hydroxylation is 3. The Morgan fingerprint density at radius 2 is 1.72 bits per heavy atom. The third kappa shape index (κ3) is 4.04. The van der Waals surface area contributed by atoms with Gasteiger partial charge in [-0.25, -0.2) is 4.79 Å². The minimum atomic E-state index is -1.31. The van der Waals surface area contributed by atoms with E-state index < -0.39 is 23.5 Å². The van der Waals surface area contributed by atoms with E-state index in [0.29, 0.717) is 29.6 Å². The number of hydrogen-bond donors (Lipinski definition) is 1. The molecule has 0 bridgehead atoms. The minimum Gasteiger partial charge on any atom is -0.548 e. The number of furan rings is 1. The highest BCUT2D eigenvalue weighted by molar-refractivity contribution is 5.96. The first-order valence-corrected chi connectivity index (χ1v) is 9.69. The number of benzene rings is 1. The first kappa shape index (κ1) is 20.6. The van der Waals surface area contributed by atoms with E-state index in [0.717, 1.165) is 27.7 Å². The molecule has 0 aliphatic heterocycles. The Labute approximate surface area is 167 Å². The van der Waals surface area contributed by atoms with Crippen LogP contribution < -0.4 is 16.0 Å². The normalized spacial score (nSPS) is 12.4. The average molecular weight is 398 g/mol. The fraction of sp³-hybridized carbons (Fsp3) is 0.409. The van der Waals surface area contributed by atoms with Crippen LogP contribution in [-0.2, 0) is 16.0 Å². The van der Waals surface area contributed by atoms with Gasteiger partial charge in [-0.05, 0) is 50.8 Å². The Morgan fingerprint density at radius 3 is 2.38 bits per heavy atom. The molecule has 1 aromatic carbocycles. The van der Waals surface area contributed by atoms with Gasteiger partial charge >= 0.3 is 5.63 Å². The summed E-state index contributed by atoms with van der Waals surface area (Å²) < 4.78 is 11.2. The lowest BCUT2D eigenvalue weighted by Crippen LogP contribution is -2.47. The van der Waals surface area contributed by atoms with Crippen molar-refractivity contribution in [3.63, 3.8) is 0 Å². The average Bonchev–Trinajstić information content (AvgIpc) is 2.93. The van der Waals surface area contributed by atoms with Crippen LogP contribution in [0.1, 0.15) is 48.6 Å². The first-order chi connectivity index (χ1) is 13.7. The van der Waals surface area contributed by atoms with Crippen molar-refractivity contribution < 1.29 is 23.5 Å². The van der Waals surface area contributed by atoms with E-state index in [9.17, 15) is 19.5 Å². The molecule has 29 heavy (non-hydrogen) atoms. The molecular formula is C22H24NO6-. The number of carboxylic acids is 1. The number of hydrogen-bond acceptors (Lipinski definition) is 6. The van der Waals surface area contributed by atoms with Crippen molar-refractivity contribution in [3.8, 4) is 0 Å². The predicted octanol–water partition coefficient (Wildman–Crippen LogP) is 2.43. The monoisotopic (exact) mass is 398 g/mol. The summed E-state index contributed by atoms with van der Waals surface area (Å²) in [5.74, 6) is -0.943. The number of aliphatic carboxylic acids is 1. The maximum Gasteiger partial charge on any atom is 0.339 e. The zero-order chi connectivity index (χ0) is 21.3. The van der Waals surface area contributed by atoms with Crippen molar-refractivity contribution in [3.05, 3.63) is 45.0 Å². The fourth-order valence-corrected chi connectivity index (χ4v) is 3.56. The van der Waals surface area contributed by atoms with Crippen molar-refractivity contribution in [2.75, 3.05) is 0 Å². The van der Waals surface area contributed by atoms with E-state index in [-0.39, 0.29) is 12.8 Å². The van der Waals surface area contributed by atoms with Gasteiger partial charge in [0.15, 0.2) is 0 Å². The van der Waals surface area contributed by atoms with Crippen LogP contribution in [0.5, 0.6) is 0 Å². The van der Waals surface area contributed by atoms with Crippen LogP contribution in [-0.4, -0.2) is 17.9 Å². The molecule has 7 heteroatoms. The van der Waals surface area contributed by atoms with Crippen LogP contribution in [0, 0.1) is 20.8 Å². The fourth-order valence-electron chi connectivity index (χ4n) is 3.56. The molecule has 0 aliphatic rings. The Morgan fingerprint density at radius 1 is 1.07 bits per heavy atom. The molecule has 0 fully saturated rings. The topological polar surface area (TPSA) is 113 Å². The Hall–Kier alpha value is -3.09. The van der Waals surface area contributed by atoms with Gasteiger partial charge in [0.05, 0.1) is 12.0 Å². The van der Waals surface area contributed by atoms with Crippen LogP contribution in [0.2, 0.25) is 0 Å². The zero-order valence-corrected chi connectivity index (χ0v) is 17.0. The van der Waals surface area contributed by atoms with E-state index in [1.54, 1.807) is 6.07 Å². The number of nitrogens with one attached hydrogen (secondary N) is 1. The van der Waals surface area contributed by atoms with E-state index in [2.05, 4.69) is 5.32 Å². The van der Waals surface area contributed by atoms with Crippen LogP contribution in [0.3, 0.4) is 0 Å². The molecule has 0 radical (unpaired) electrons. The summed E-state index contributed by atoms with van der Waals surface area (Å²) in [5.41, 5.74) is 2.76. The molecule has 3 rings (SSSR count). The lowest BCUT2D eigenvalue weighted by Gasteiger charge is -2.19. The Kier molecular flexibility index (Phi) is 5.77. The second-order valence-corrected chi connectivity index (χ2v) is 7.35. The quantitative estimate of drug-likeness (QED) is 0.612. The maximum atomic E-state index is 12.5. The summed E-state index contributed by atoms with van der Waals surface area (Å²) >= 11 is 0. The summed E-state index contributed by atoms with van der Waals surface area (Å²) in [4.78, 5) is 35.7. The lowest BCUT2D eigenvalue weighted by atomic mass is 10.00. The summed E-state index contributed by atoms with van der Waals surface area (Å²) in [7, 11) is 0. The molecule has 2 aromatic heterocycles. The van der Waals surface area contributed by atoms with Gasteiger partial charge in [-0.2, -0.15) is 0 Å². The van der Waals surface area contributed by atoms with Gasteiger partial charge < -0.3 is 24.1 Å². The van der Waals surface area contributed by atoms with Gasteiger partial charge in [0.25, 0.3) is 0 Å². The standard InChI is InChI=1S/C22H25NO6/c1-5-6-17(21(25)26)23-20(24)8-7-14-12(3)16-9-15-11(2)13(4)28-18(15)10-19(16)29-22(14)27/h9-10,17H,5-8H2,1-4H3,(H,23,24)(H,25,26)/p-1/t17-/m1/s1. The van der Waals surface area contributed by atoms with Gasteiger partial charge in [-0.3, -0.25) is 4.79 Å². The van der Waals surface area contributed by atoms with Crippen LogP contribution in [0.25, 0.3) is 21.9 Å². The maximum absolute atomic E-state index is 12.5. The van der Waals surface area contributed by atoms with Crippen molar-refractivity contribution >= 4 is 33.8 Å².